The van der Waals surface area contributed by atoms with Crippen LogP contribution in [0.15, 0.2) is 33.4 Å². The van der Waals surface area contributed by atoms with E-state index in [9.17, 15) is 0 Å². The Balaban J connectivity index is 1.92. The predicted molar refractivity (Wildman–Crippen MR) is 87.0 cm³/mol. The SMILES string of the molecule is COc1cc(Br)c(CNCCc2ccsc2)cc1OC. The van der Waals surface area contributed by atoms with Gasteiger partial charge in [-0.3, -0.25) is 0 Å². The number of methoxy groups -OCH3 is 2. The molecule has 1 heterocycles. The van der Waals surface area contributed by atoms with Gasteiger partial charge in [0.15, 0.2) is 11.5 Å². The summed E-state index contributed by atoms with van der Waals surface area (Å²) in [5, 5.41) is 7.75. The number of benzene rings is 1. The maximum atomic E-state index is 5.32. The average molecular weight is 356 g/mol. The van der Waals surface area contributed by atoms with E-state index >= 15 is 0 Å². The van der Waals surface area contributed by atoms with Crippen molar-refractivity contribution in [3.63, 3.8) is 0 Å². The summed E-state index contributed by atoms with van der Waals surface area (Å²) in [5.41, 5.74) is 2.54. The second-order valence-electron chi connectivity index (χ2n) is 4.36. The van der Waals surface area contributed by atoms with Gasteiger partial charge in [-0.25, -0.2) is 0 Å². The maximum Gasteiger partial charge on any atom is 0.161 e. The Morgan fingerprint density at radius 1 is 1.20 bits per heavy atom. The van der Waals surface area contributed by atoms with Gasteiger partial charge >= 0.3 is 0 Å². The molecule has 0 bridgehead atoms. The molecule has 0 atom stereocenters. The molecule has 1 aromatic carbocycles. The van der Waals surface area contributed by atoms with Crippen molar-refractivity contribution >= 4 is 27.3 Å². The fourth-order valence-electron chi connectivity index (χ4n) is 1.92. The lowest BCUT2D eigenvalue weighted by molar-refractivity contribution is 0.354. The summed E-state index contributed by atoms with van der Waals surface area (Å²) < 4.78 is 11.6. The fourth-order valence-corrected chi connectivity index (χ4v) is 3.09. The van der Waals surface area contributed by atoms with Crippen molar-refractivity contribution < 1.29 is 9.47 Å². The summed E-state index contributed by atoms with van der Waals surface area (Å²) in [6.07, 6.45) is 1.05. The molecule has 0 aliphatic carbocycles. The first kappa shape index (κ1) is 15.4. The minimum Gasteiger partial charge on any atom is -0.493 e. The Bertz CT molecular complexity index is 543. The number of thiophene rings is 1. The summed E-state index contributed by atoms with van der Waals surface area (Å²) in [4.78, 5) is 0. The lowest BCUT2D eigenvalue weighted by Crippen LogP contribution is -2.16. The van der Waals surface area contributed by atoms with Crippen LogP contribution in [0.3, 0.4) is 0 Å². The van der Waals surface area contributed by atoms with Gasteiger partial charge < -0.3 is 14.8 Å². The Hall–Kier alpha value is -1.04. The molecule has 0 spiro atoms. The van der Waals surface area contributed by atoms with E-state index in [2.05, 4.69) is 38.1 Å². The molecule has 2 rings (SSSR count). The molecule has 3 nitrogen and oxygen atoms in total. The summed E-state index contributed by atoms with van der Waals surface area (Å²) in [6, 6.07) is 6.11. The maximum absolute atomic E-state index is 5.32. The second kappa shape index (κ2) is 7.67. The van der Waals surface area contributed by atoms with Crippen LogP contribution in [0.1, 0.15) is 11.1 Å². The molecule has 0 amide bonds. The molecule has 0 aliphatic rings. The number of rotatable bonds is 7. The topological polar surface area (TPSA) is 30.5 Å². The van der Waals surface area contributed by atoms with Crippen LogP contribution in [0.4, 0.5) is 0 Å². The van der Waals surface area contributed by atoms with Gasteiger partial charge in [-0.2, -0.15) is 11.3 Å². The monoisotopic (exact) mass is 355 g/mol. The summed E-state index contributed by atoms with van der Waals surface area (Å²) in [5.74, 6) is 1.49. The zero-order valence-electron chi connectivity index (χ0n) is 11.6. The van der Waals surface area contributed by atoms with Crippen molar-refractivity contribution in [1.82, 2.24) is 5.32 Å². The molecule has 20 heavy (non-hydrogen) atoms. The molecule has 0 unspecified atom stereocenters. The third-order valence-electron chi connectivity index (χ3n) is 3.04. The smallest absolute Gasteiger partial charge is 0.161 e. The van der Waals surface area contributed by atoms with Gasteiger partial charge in [0.2, 0.25) is 0 Å². The Morgan fingerprint density at radius 3 is 2.60 bits per heavy atom. The lowest BCUT2D eigenvalue weighted by Gasteiger charge is -2.12. The number of ether oxygens (including phenoxy) is 2. The number of nitrogens with one attached hydrogen (secondary N) is 1. The van der Waals surface area contributed by atoms with Crippen LogP contribution < -0.4 is 14.8 Å². The van der Waals surface area contributed by atoms with Crippen LogP contribution in [0.2, 0.25) is 0 Å². The highest BCUT2D eigenvalue weighted by Crippen LogP contribution is 2.33. The van der Waals surface area contributed by atoms with E-state index in [1.54, 1.807) is 25.6 Å². The molecule has 2 aromatic rings. The molecular weight excluding hydrogens is 338 g/mol. The standard InChI is InChI=1S/C15H18BrNO2S/c1-18-14-7-12(13(16)8-15(14)19-2)9-17-5-3-11-4-6-20-10-11/h4,6-8,10,17H,3,5,9H2,1-2H3. The first-order valence-corrected chi connectivity index (χ1v) is 8.10. The van der Waals surface area contributed by atoms with Crippen molar-refractivity contribution in [1.29, 1.82) is 0 Å². The highest BCUT2D eigenvalue weighted by atomic mass is 79.9. The molecule has 5 heteroatoms. The molecule has 1 N–H and O–H groups in total. The normalized spacial score (nSPS) is 10.6. The zero-order chi connectivity index (χ0) is 14.4. The van der Waals surface area contributed by atoms with Crippen LogP contribution in [-0.4, -0.2) is 20.8 Å². The third kappa shape index (κ3) is 3.98. The molecule has 108 valence electrons. The van der Waals surface area contributed by atoms with Crippen molar-refractivity contribution in [2.24, 2.45) is 0 Å². The first-order valence-electron chi connectivity index (χ1n) is 6.36. The van der Waals surface area contributed by atoms with E-state index in [0.717, 1.165) is 41.0 Å². The lowest BCUT2D eigenvalue weighted by atomic mass is 10.2. The van der Waals surface area contributed by atoms with Crippen molar-refractivity contribution in [3.05, 3.63) is 44.6 Å². The van der Waals surface area contributed by atoms with E-state index in [4.69, 9.17) is 9.47 Å². The third-order valence-corrected chi connectivity index (χ3v) is 4.51. The van der Waals surface area contributed by atoms with E-state index in [-0.39, 0.29) is 0 Å². The van der Waals surface area contributed by atoms with Gasteiger partial charge in [-0.05, 0) is 53.1 Å². The van der Waals surface area contributed by atoms with Gasteiger partial charge in [0.1, 0.15) is 0 Å². The van der Waals surface area contributed by atoms with Gasteiger partial charge in [0.05, 0.1) is 14.2 Å². The molecule has 0 radical (unpaired) electrons. The Labute approximate surface area is 132 Å². The summed E-state index contributed by atoms with van der Waals surface area (Å²) >= 11 is 5.31. The average Bonchev–Trinajstić information content (AvgIpc) is 2.97. The fraction of sp³-hybridized carbons (Fsp3) is 0.333. The Kier molecular flexibility index (Phi) is 5.88. The summed E-state index contributed by atoms with van der Waals surface area (Å²) in [7, 11) is 3.29. The number of halogens is 1. The van der Waals surface area contributed by atoms with Crippen LogP contribution in [0.5, 0.6) is 11.5 Å². The van der Waals surface area contributed by atoms with Crippen LogP contribution in [0.25, 0.3) is 0 Å². The van der Waals surface area contributed by atoms with Crippen molar-refractivity contribution in [3.8, 4) is 11.5 Å². The van der Waals surface area contributed by atoms with E-state index in [0.29, 0.717) is 0 Å². The molecular formula is C15H18BrNO2S. The predicted octanol–water partition coefficient (Wildman–Crippen LogP) is 3.86. The minimum absolute atomic E-state index is 0.737. The number of hydrogen-bond acceptors (Lipinski definition) is 4. The van der Waals surface area contributed by atoms with E-state index < -0.39 is 0 Å². The van der Waals surface area contributed by atoms with Gasteiger partial charge in [0, 0.05) is 11.0 Å². The molecule has 0 saturated heterocycles. The van der Waals surface area contributed by atoms with Gasteiger partial charge in [0.25, 0.3) is 0 Å². The van der Waals surface area contributed by atoms with E-state index in [1.807, 2.05) is 12.1 Å². The molecule has 0 aliphatic heterocycles. The highest BCUT2D eigenvalue weighted by molar-refractivity contribution is 9.10. The Morgan fingerprint density at radius 2 is 1.95 bits per heavy atom. The van der Waals surface area contributed by atoms with Crippen molar-refractivity contribution in [2.75, 3.05) is 20.8 Å². The number of hydrogen-bond donors (Lipinski definition) is 1. The zero-order valence-corrected chi connectivity index (χ0v) is 14.0. The highest BCUT2D eigenvalue weighted by Gasteiger charge is 2.09. The molecule has 0 saturated carbocycles. The summed E-state index contributed by atoms with van der Waals surface area (Å²) in [6.45, 7) is 1.75. The quantitative estimate of drug-likeness (QED) is 0.765. The van der Waals surface area contributed by atoms with Gasteiger partial charge in [-0.15, -0.1) is 0 Å². The molecule has 0 fully saturated rings. The van der Waals surface area contributed by atoms with Crippen LogP contribution in [-0.2, 0) is 13.0 Å². The molecule has 1 aromatic heterocycles. The van der Waals surface area contributed by atoms with Crippen LogP contribution in [0, 0.1) is 0 Å². The van der Waals surface area contributed by atoms with E-state index in [1.165, 1.54) is 5.56 Å². The van der Waals surface area contributed by atoms with Crippen molar-refractivity contribution in [2.45, 2.75) is 13.0 Å². The minimum atomic E-state index is 0.737. The van der Waals surface area contributed by atoms with Crippen LogP contribution >= 0.6 is 27.3 Å². The second-order valence-corrected chi connectivity index (χ2v) is 5.99. The largest absolute Gasteiger partial charge is 0.493 e. The van der Waals surface area contributed by atoms with Gasteiger partial charge in [-0.1, -0.05) is 15.9 Å². The first-order chi connectivity index (χ1) is 9.74.